The van der Waals surface area contributed by atoms with Gasteiger partial charge in [0, 0.05) is 18.7 Å². The van der Waals surface area contributed by atoms with Gasteiger partial charge in [-0.25, -0.2) is 9.97 Å². The molecule has 2 aromatic rings. The maximum absolute atomic E-state index is 8.96. The highest BCUT2D eigenvalue weighted by atomic mass is 15.2. The van der Waals surface area contributed by atoms with Gasteiger partial charge in [0.15, 0.2) is 0 Å². The van der Waals surface area contributed by atoms with Crippen molar-refractivity contribution in [2.75, 3.05) is 11.9 Å². The van der Waals surface area contributed by atoms with E-state index in [2.05, 4.69) is 31.6 Å². The summed E-state index contributed by atoms with van der Waals surface area (Å²) < 4.78 is 0. The van der Waals surface area contributed by atoms with E-state index in [1.165, 1.54) is 6.33 Å². The van der Waals surface area contributed by atoms with Gasteiger partial charge in [0.05, 0.1) is 5.56 Å². The van der Waals surface area contributed by atoms with Gasteiger partial charge in [-0.05, 0) is 25.5 Å². The highest BCUT2D eigenvalue weighted by Crippen LogP contribution is 2.12. The molecule has 0 aliphatic heterocycles. The molecule has 92 valence electrons. The van der Waals surface area contributed by atoms with E-state index < -0.39 is 0 Å². The lowest BCUT2D eigenvalue weighted by Gasteiger charge is -2.07. The van der Waals surface area contributed by atoms with Gasteiger partial charge in [0.2, 0.25) is 0 Å². The highest BCUT2D eigenvalue weighted by Gasteiger charge is 2.03. The first-order chi connectivity index (χ1) is 8.79. The molecule has 0 aromatic carbocycles. The smallest absolute Gasteiger partial charge is 0.144 e. The second-order valence-corrected chi connectivity index (χ2v) is 3.92. The van der Waals surface area contributed by atoms with Crippen molar-refractivity contribution < 1.29 is 0 Å². The fraction of sp³-hybridized carbons (Fsp3) is 0.333. The predicted molar refractivity (Wildman–Crippen MR) is 66.9 cm³/mol. The largest absolute Gasteiger partial charge is 0.369 e. The quantitative estimate of drug-likeness (QED) is 0.774. The average molecular weight is 242 g/mol. The fourth-order valence-electron chi connectivity index (χ4n) is 1.60. The van der Waals surface area contributed by atoms with Crippen LogP contribution in [0.15, 0.2) is 18.5 Å². The zero-order chi connectivity index (χ0) is 12.8. The Morgan fingerprint density at radius 3 is 3.06 bits per heavy atom. The summed E-state index contributed by atoms with van der Waals surface area (Å²) in [4.78, 5) is 8.36. The SMILES string of the molecule is Cc1ccc(C#N)c(NCCCc2ncn[nH]2)n1. The van der Waals surface area contributed by atoms with Crippen LogP contribution < -0.4 is 5.32 Å². The van der Waals surface area contributed by atoms with Gasteiger partial charge in [0.25, 0.3) is 0 Å². The molecule has 2 N–H and O–H groups in total. The van der Waals surface area contributed by atoms with E-state index in [-0.39, 0.29) is 0 Å². The molecular formula is C12H14N6. The monoisotopic (exact) mass is 242 g/mol. The zero-order valence-electron chi connectivity index (χ0n) is 10.1. The summed E-state index contributed by atoms with van der Waals surface area (Å²) in [5, 5.41) is 18.7. The minimum absolute atomic E-state index is 0.570. The van der Waals surface area contributed by atoms with Gasteiger partial charge >= 0.3 is 0 Å². The molecule has 0 spiro atoms. The third kappa shape index (κ3) is 3.04. The number of nitrogens with zero attached hydrogens (tertiary/aromatic N) is 4. The van der Waals surface area contributed by atoms with Crippen molar-refractivity contribution in [2.45, 2.75) is 19.8 Å². The number of hydrogen-bond acceptors (Lipinski definition) is 5. The van der Waals surface area contributed by atoms with E-state index in [4.69, 9.17) is 5.26 Å². The number of nitriles is 1. The van der Waals surface area contributed by atoms with Gasteiger partial charge in [-0.3, -0.25) is 5.10 Å². The Bertz CT molecular complexity index is 540. The third-order valence-electron chi connectivity index (χ3n) is 2.50. The normalized spacial score (nSPS) is 10.0. The number of anilines is 1. The molecule has 0 atom stereocenters. The molecule has 0 aliphatic rings. The molecule has 18 heavy (non-hydrogen) atoms. The number of rotatable bonds is 5. The summed E-state index contributed by atoms with van der Waals surface area (Å²) in [7, 11) is 0. The van der Waals surface area contributed by atoms with Crippen molar-refractivity contribution in [3.63, 3.8) is 0 Å². The minimum Gasteiger partial charge on any atom is -0.369 e. The number of aromatic nitrogens is 4. The van der Waals surface area contributed by atoms with Crippen molar-refractivity contribution in [3.8, 4) is 6.07 Å². The minimum atomic E-state index is 0.570. The lowest BCUT2D eigenvalue weighted by molar-refractivity contribution is 0.803. The van der Waals surface area contributed by atoms with Crippen LogP contribution in [-0.4, -0.2) is 26.7 Å². The molecule has 0 radical (unpaired) electrons. The standard InChI is InChI=1S/C12H14N6/c1-9-4-5-10(7-13)12(17-9)14-6-2-3-11-15-8-16-18-11/h4-5,8H,2-3,6H2,1H3,(H,14,17)(H,15,16,18). The Balaban J connectivity index is 1.86. The van der Waals surface area contributed by atoms with Crippen LogP contribution in [0.2, 0.25) is 0 Å². The molecule has 0 saturated carbocycles. The van der Waals surface area contributed by atoms with E-state index in [9.17, 15) is 0 Å². The zero-order valence-corrected chi connectivity index (χ0v) is 10.1. The molecule has 6 heteroatoms. The van der Waals surface area contributed by atoms with Gasteiger partial charge in [-0.1, -0.05) is 0 Å². The number of nitrogens with one attached hydrogen (secondary N) is 2. The molecule has 0 saturated heterocycles. The van der Waals surface area contributed by atoms with Crippen LogP contribution >= 0.6 is 0 Å². The summed E-state index contributed by atoms with van der Waals surface area (Å²) >= 11 is 0. The number of hydrogen-bond donors (Lipinski definition) is 2. The van der Waals surface area contributed by atoms with Crippen LogP contribution in [0.5, 0.6) is 0 Å². The first-order valence-electron chi connectivity index (χ1n) is 5.75. The fourth-order valence-corrected chi connectivity index (χ4v) is 1.60. The average Bonchev–Trinajstić information content (AvgIpc) is 2.88. The lowest BCUT2D eigenvalue weighted by Crippen LogP contribution is -2.07. The van der Waals surface area contributed by atoms with E-state index >= 15 is 0 Å². The molecule has 0 fully saturated rings. The number of aryl methyl sites for hydroxylation is 2. The lowest BCUT2D eigenvalue weighted by atomic mass is 10.2. The van der Waals surface area contributed by atoms with Crippen molar-refractivity contribution in [3.05, 3.63) is 35.5 Å². The van der Waals surface area contributed by atoms with E-state index in [0.717, 1.165) is 30.9 Å². The Labute approximate surface area is 105 Å². The Kier molecular flexibility index (Phi) is 3.86. The van der Waals surface area contributed by atoms with Crippen molar-refractivity contribution in [1.82, 2.24) is 20.2 Å². The Morgan fingerprint density at radius 1 is 1.44 bits per heavy atom. The molecule has 0 amide bonds. The van der Waals surface area contributed by atoms with E-state index in [1.807, 2.05) is 13.0 Å². The molecule has 0 bridgehead atoms. The number of aromatic amines is 1. The first kappa shape index (κ1) is 12.0. The second kappa shape index (κ2) is 5.77. The van der Waals surface area contributed by atoms with Crippen LogP contribution in [0.3, 0.4) is 0 Å². The number of pyridine rings is 1. The number of H-pyrrole nitrogens is 1. The van der Waals surface area contributed by atoms with Crippen LogP contribution in [0.4, 0.5) is 5.82 Å². The molecule has 2 aromatic heterocycles. The third-order valence-corrected chi connectivity index (χ3v) is 2.50. The summed E-state index contributed by atoms with van der Waals surface area (Å²) in [6.07, 6.45) is 3.22. The predicted octanol–water partition coefficient (Wildman–Crippen LogP) is 1.42. The maximum Gasteiger partial charge on any atom is 0.144 e. The molecule has 2 heterocycles. The van der Waals surface area contributed by atoms with Crippen LogP contribution in [0.25, 0.3) is 0 Å². The Hall–Kier alpha value is -2.42. The van der Waals surface area contributed by atoms with Crippen LogP contribution in [0, 0.1) is 18.3 Å². The topological polar surface area (TPSA) is 90.3 Å². The molecule has 2 rings (SSSR count). The van der Waals surface area contributed by atoms with Crippen molar-refractivity contribution in [2.24, 2.45) is 0 Å². The van der Waals surface area contributed by atoms with Crippen LogP contribution in [0.1, 0.15) is 23.5 Å². The molecule has 6 nitrogen and oxygen atoms in total. The Morgan fingerprint density at radius 2 is 2.33 bits per heavy atom. The van der Waals surface area contributed by atoms with Gasteiger partial charge in [-0.15, -0.1) is 0 Å². The summed E-state index contributed by atoms with van der Waals surface area (Å²) in [5.41, 5.74) is 1.46. The molecular weight excluding hydrogens is 228 g/mol. The maximum atomic E-state index is 8.96. The van der Waals surface area contributed by atoms with Gasteiger partial charge in [-0.2, -0.15) is 10.4 Å². The van der Waals surface area contributed by atoms with Crippen molar-refractivity contribution >= 4 is 5.82 Å². The van der Waals surface area contributed by atoms with Gasteiger partial charge in [0.1, 0.15) is 24.0 Å². The highest BCUT2D eigenvalue weighted by molar-refractivity contribution is 5.52. The van der Waals surface area contributed by atoms with E-state index in [0.29, 0.717) is 11.4 Å². The summed E-state index contributed by atoms with van der Waals surface area (Å²) in [6.45, 7) is 2.65. The molecule has 0 aliphatic carbocycles. The summed E-state index contributed by atoms with van der Waals surface area (Å²) in [5.74, 6) is 1.52. The first-order valence-corrected chi connectivity index (χ1v) is 5.75. The second-order valence-electron chi connectivity index (χ2n) is 3.92. The summed E-state index contributed by atoms with van der Waals surface area (Å²) in [6, 6.07) is 5.73. The molecule has 0 unspecified atom stereocenters. The van der Waals surface area contributed by atoms with Gasteiger partial charge < -0.3 is 5.32 Å². The van der Waals surface area contributed by atoms with E-state index in [1.54, 1.807) is 6.07 Å². The van der Waals surface area contributed by atoms with Crippen molar-refractivity contribution in [1.29, 1.82) is 5.26 Å². The van der Waals surface area contributed by atoms with Crippen LogP contribution in [-0.2, 0) is 6.42 Å².